The first-order valence-corrected chi connectivity index (χ1v) is 7.05. The Labute approximate surface area is 123 Å². The van der Waals surface area contributed by atoms with Gasteiger partial charge in [-0.1, -0.05) is 30.3 Å². The van der Waals surface area contributed by atoms with Crippen LogP contribution in [0.5, 0.6) is 0 Å². The van der Waals surface area contributed by atoms with Gasteiger partial charge in [-0.3, -0.25) is 4.98 Å². The first-order chi connectivity index (χ1) is 10.2. The molecule has 0 saturated heterocycles. The van der Waals surface area contributed by atoms with Crippen LogP contribution in [0.3, 0.4) is 0 Å². The number of fused-ring (bicyclic) bond motifs is 1. The number of halogens is 1. The maximum atomic E-state index is 13.7. The molecule has 0 aliphatic rings. The topological polar surface area (TPSA) is 24.9 Å². The molecule has 1 aromatic heterocycles. The highest BCUT2D eigenvalue weighted by atomic mass is 19.1. The molecule has 0 radical (unpaired) electrons. The minimum atomic E-state index is -0.166. The molecule has 0 aliphatic heterocycles. The van der Waals surface area contributed by atoms with E-state index in [0.29, 0.717) is 12.1 Å². The molecule has 0 spiro atoms. The Balaban J connectivity index is 1.73. The molecule has 3 rings (SSSR count). The summed E-state index contributed by atoms with van der Waals surface area (Å²) in [6.07, 6.45) is 1.79. The van der Waals surface area contributed by atoms with Gasteiger partial charge in [0.25, 0.3) is 0 Å². The molecule has 0 saturated carbocycles. The van der Waals surface area contributed by atoms with E-state index in [1.807, 2.05) is 37.3 Å². The Hall–Kier alpha value is -2.26. The van der Waals surface area contributed by atoms with E-state index < -0.39 is 0 Å². The Kier molecular flexibility index (Phi) is 3.93. The van der Waals surface area contributed by atoms with E-state index in [0.717, 1.165) is 10.9 Å². The Morgan fingerprint density at radius 1 is 1.10 bits per heavy atom. The molecule has 106 valence electrons. The average molecular weight is 280 g/mol. The molecule has 1 N–H and O–H groups in total. The van der Waals surface area contributed by atoms with Gasteiger partial charge in [-0.2, -0.15) is 0 Å². The van der Waals surface area contributed by atoms with Crippen LogP contribution in [-0.4, -0.2) is 4.98 Å². The normalized spacial score (nSPS) is 12.5. The van der Waals surface area contributed by atoms with Crippen molar-refractivity contribution < 1.29 is 4.39 Å². The molecule has 2 nitrogen and oxygen atoms in total. The van der Waals surface area contributed by atoms with Crippen molar-refractivity contribution in [1.82, 2.24) is 10.3 Å². The van der Waals surface area contributed by atoms with Gasteiger partial charge in [-0.05, 0) is 36.8 Å². The summed E-state index contributed by atoms with van der Waals surface area (Å²) in [6, 6.07) is 17.0. The van der Waals surface area contributed by atoms with Gasteiger partial charge >= 0.3 is 0 Å². The molecule has 0 bridgehead atoms. The van der Waals surface area contributed by atoms with E-state index in [9.17, 15) is 4.39 Å². The Bertz CT molecular complexity index is 755. The third kappa shape index (κ3) is 3.09. The van der Waals surface area contributed by atoms with E-state index in [4.69, 9.17) is 0 Å². The maximum Gasteiger partial charge on any atom is 0.127 e. The van der Waals surface area contributed by atoms with E-state index in [1.54, 1.807) is 12.3 Å². The highest BCUT2D eigenvalue weighted by Crippen LogP contribution is 2.18. The van der Waals surface area contributed by atoms with Crippen LogP contribution < -0.4 is 5.32 Å². The van der Waals surface area contributed by atoms with Crippen molar-refractivity contribution in [3.8, 4) is 0 Å². The van der Waals surface area contributed by atoms with Crippen molar-refractivity contribution in [3.63, 3.8) is 0 Å². The molecule has 0 fully saturated rings. The van der Waals surface area contributed by atoms with Crippen molar-refractivity contribution in [2.75, 3.05) is 0 Å². The monoisotopic (exact) mass is 280 g/mol. The van der Waals surface area contributed by atoms with Crippen LogP contribution in [0.4, 0.5) is 4.39 Å². The summed E-state index contributed by atoms with van der Waals surface area (Å²) in [5.74, 6) is -0.166. The minimum absolute atomic E-state index is 0.0317. The van der Waals surface area contributed by atoms with E-state index >= 15 is 0 Å². The summed E-state index contributed by atoms with van der Waals surface area (Å²) in [6.45, 7) is 2.67. The number of pyridine rings is 1. The maximum absolute atomic E-state index is 13.7. The van der Waals surface area contributed by atoms with Crippen molar-refractivity contribution in [3.05, 3.63) is 77.7 Å². The Morgan fingerprint density at radius 3 is 2.81 bits per heavy atom. The summed E-state index contributed by atoms with van der Waals surface area (Å²) >= 11 is 0. The summed E-state index contributed by atoms with van der Waals surface area (Å²) in [4.78, 5) is 4.31. The molecule has 0 amide bonds. The zero-order valence-electron chi connectivity index (χ0n) is 11.9. The predicted molar refractivity (Wildman–Crippen MR) is 83.4 cm³/mol. The van der Waals surface area contributed by atoms with Crippen LogP contribution in [0.1, 0.15) is 24.1 Å². The number of nitrogens with zero attached hydrogens (tertiary/aromatic N) is 1. The lowest BCUT2D eigenvalue weighted by atomic mass is 10.1. The molecule has 2 aromatic carbocycles. The second kappa shape index (κ2) is 6.02. The lowest BCUT2D eigenvalue weighted by Crippen LogP contribution is -2.19. The van der Waals surface area contributed by atoms with E-state index in [2.05, 4.69) is 22.4 Å². The van der Waals surface area contributed by atoms with Gasteiger partial charge in [-0.25, -0.2) is 4.39 Å². The third-order valence-electron chi connectivity index (χ3n) is 3.65. The number of nitrogens with one attached hydrogen (secondary N) is 1. The molecule has 0 aliphatic carbocycles. The van der Waals surface area contributed by atoms with Gasteiger partial charge in [0.05, 0.1) is 5.52 Å². The van der Waals surface area contributed by atoms with Gasteiger partial charge in [0.15, 0.2) is 0 Å². The standard InChI is InChI=1S/C18H17FN2/c1-13(16-6-2-3-7-17(16)19)21-12-14-8-9-18-15(11-14)5-4-10-20-18/h2-11,13,21H,12H2,1H3. The lowest BCUT2D eigenvalue weighted by molar-refractivity contribution is 0.528. The largest absolute Gasteiger partial charge is 0.306 e. The second-order valence-corrected chi connectivity index (χ2v) is 5.15. The van der Waals surface area contributed by atoms with Crippen molar-refractivity contribution >= 4 is 10.9 Å². The third-order valence-corrected chi connectivity index (χ3v) is 3.65. The van der Waals surface area contributed by atoms with Crippen LogP contribution in [-0.2, 0) is 6.54 Å². The number of hydrogen-bond acceptors (Lipinski definition) is 2. The molecular weight excluding hydrogens is 263 g/mol. The van der Waals surface area contributed by atoms with Crippen molar-refractivity contribution in [1.29, 1.82) is 0 Å². The van der Waals surface area contributed by atoms with Crippen LogP contribution in [0.15, 0.2) is 60.8 Å². The summed E-state index contributed by atoms with van der Waals surface area (Å²) in [5.41, 5.74) is 2.85. The predicted octanol–water partition coefficient (Wildman–Crippen LogP) is 4.22. The summed E-state index contributed by atoms with van der Waals surface area (Å²) < 4.78 is 13.7. The smallest absolute Gasteiger partial charge is 0.127 e. The van der Waals surface area contributed by atoms with Gasteiger partial charge in [0.2, 0.25) is 0 Å². The van der Waals surface area contributed by atoms with Crippen LogP contribution in [0.25, 0.3) is 10.9 Å². The first kappa shape index (κ1) is 13.7. The molecular formula is C18H17FN2. The van der Waals surface area contributed by atoms with Crippen molar-refractivity contribution in [2.45, 2.75) is 19.5 Å². The molecule has 1 heterocycles. The van der Waals surface area contributed by atoms with Gasteiger partial charge in [0.1, 0.15) is 5.82 Å². The quantitative estimate of drug-likeness (QED) is 0.773. The lowest BCUT2D eigenvalue weighted by Gasteiger charge is -2.15. The Morgan fingerprint density at radius 2 is 1.95 bits per heavy atom. The molecule has 1 unspecified atom stereocenters. The molecule has 3 aromatic rings. The molecule has 3 heteroatoms. The highest BCUT2D eigenvalue weighted by Gasteiger charge is 2.09. The van der Waals surface area contributed by atoms with E-state index in [-0.39, 0.29) is 11.9 Å². The summed E-state index contributed by atoms with van der Waals surface area (Å²) in [7, 11) is 0. The van der Waals surface area contributed by atoms with Crippen molar-refractivity contribution in [2.24, 2.45) is 0 Å². The van der Waals surface area contributed by atoms with Gasteiger partial charge in [0, 0.05) is 29.7 Å². The van der Waals surface area contributed by atoms with Crippen LogP contribution >= 0.6 is 0 Å². The highest BCUT2D eigenvalue weighted by molar-refractivity contribution is 5.78. The first-order valence-electron chi connectivity index (χ1n) is 7.05. The number of hydrogen-bond donors (Lipinski definition) is 1. The summed E-state index contributed by atoms with van der Waals surface area (Å²) in [5, 5.41) is 4.48. The minimum Gasteiger partial charge on any atom is -0.306 e. The fraction of sp³-hybridized carbons (Fsp3) is 0.167. The van der Waals surface area contributed by atoms with Gasteiger partial charge < -0.3 is 5.32 Å². The fourth-order valence-corrected chi connectivity index (χ4v) is 2.44. The number of aromatic nitrogens is 1. The van der Waals surface area contributed by atoms with Gasteiger partial charge in [-0.15, -0.1) is 0 Å². The number of rotatable bonds is 4. The number of benzene rings is 2. The van der Waals surface area contributed by atoms with Crippen LogP contribution in [0.2, 0.25) is 0 Å². The SMILES string of the molecule is CC(NCc1ccc2ncccc2c1)c1ccccc1F. The van der Waals surface area contributed by atoms with Crippen LogP contribution in [0, 0.1) is 5.82 Å². The molecule has 1 atom stereocenters. The second-order valence-electron chi connectivity index (χ2n) is 5.15. The zero-order valence-corrected chi connectivity index (χ0v) is 11.9. The molecule has 21 heavy (non-hydrogen) atoms. The van der Waals surface area contributed by atoms with E-state index in [1.165, 1.54) is 11.6 Å². The zero-order chi connectivity index (χ0) is 14.7. The fourth-order valence-electron chi connectivity index (χ4n) is 2.44. The average Bonchev–Trinajstić information content (AvgIpc) is 2.53.